The van der Waals surface area contributed by atoms with E-state index < -0.39 is 0 Å². The van der Waals surface area contributed by atoms with Gasteiger partial charge in [0.2, 0.25) is 0 Å². The molecule has 0 aliphatic heterocycles. The Labute approximate surface area is 115 Å². The Morgan fingerprint density at radius 2 is 2.17 bits per heavy atom. The molecule has 3 rings (SSSR count). The van der Waals surface area contributed by atoms with Crippen LogP contribution in [-0.2, 0) is 5.41 Å². The summed E-state index contributed by atoms with van der Waals surface area (Å²) in [7, 11) is 2.00. The van der Waals surface area contributed by atoms with Crippen LogP contribution in [0.15, 0.2) is 34.9 Å². The molecule has 2 aromatic rings. The summed E-state index contributed by atoms with van der Waals surface area (Å²) in [6, 6.07) is 8.21. The largest absolute Gasteiger partial charge is 0.341 e. The first-order chi connectivity index (χ1) is 8.75. The van der Waals surface area contributed by atoms with Crippen LogP contribution in [0, 0.1) is 0 Å². The number of halogens is 1. The SMILES string of the molecule is CNCC1(c2ncc(-c3ccccc3Br)[nH]2)CC1. The molecule has 0 radical (unpaired) electrons. The summed E-state index contributed by atoms with van der Waals surface area (Å²) in [4.78, 5) is 8.05. The molecule has 1 heterocycles. The molecule has 1 aliphatic carbocycles. The van der Waals surface area contributed by atoms with Crippen molar-refractivity contribution in [2.45, 2.75) is 18.3 Å². The number of H-pyrrole nitrogens is 1. The van der Waals surface area contributed by atoms with E-state index in [4.69, 9.17) is 0 Å². The summed E-state index contributed by atoms with van der Waals surface area (Å²) in [5.41, 5.74) is 2.49. The fourth-order valence-corrected chi connectivity index (χ4v) is 2.89. The van der Waals surface area contributed by atoms with E-state index in [0.29, 0.717) is 0 Å². The van der Waals surface area contributed by atoms with Gasteiger partial charge in [-0.1, -0.05) is 34.1 Å². The van der Waals surface area contributed by atoms with Crippen molar-refractivity contribution in [2.75, 3.05) is 13.6 Å². The Hall–Kier alpha value is -1.13. The van der Waals surface area contributed by atoms with E-state index in [0.717, 1.165) is 28.1 Å². The van der Waals surface area contributed by atoms with Crippen LogP contribution in [-0.4, -0.2) is 23.6 Å². The first-order valence-electron chi connectivity index (χ1n) is 6.20. The highest BCUT2D eigenvalue weighted by molar-refractivity contribution is 9.10. The van der Waals surface area contributed by atoms with Crippen LogP contribution in [0.3, 0.4) is 0 Å². The lowest BCUT2D eigenvalue weighted by atomic mass is 10.1. The minimum atomic E-state index is 0.244. The molecule has 1 aromatic carbocycles. The molecule has 1 fully saturated rings. The van der Waals surface area contributed by atoms with Gasteiger partial charge in [-0.25, -0.2) is 4.98 Å². The molecule has 0 unspecified atom stereocenters. The minimum absolute atomic E-state index is 0.244. The molecule has 2 N–H and O–H groups in total. The summed E-state index contributed by atoms with van der Waals surface area (Å²) in [5.74, 6) is 1.11. The highest BCUT2D eigenvalue weighted by Crippen LogP contribution is 2.46. The van der Waals surface area contributed by atoms with Crippen LogP contribution in [0.2, 0.25) is 0 Å². The monoisotopic (exact) mass is 305 g/mol. The van der Waals surface area contributed by atoms with Gasteiger partial charge in [-0.2, -0.15) is 0 Å². The molecule has 0 amide bonds. The summed E-state index contributed by atoms with van der Waals surface area (Å²) < 4.78 is 1.10. The van der Waals surface area contributed by atoms with Gasteiger partial charge in [0.05, 0.1) is 11.9 Å². The van der Waals surface area contributed by atoms with Gasteiger partial charge in [-0.05, 0) is 26.0 Å². The zero-order chi connectivity index (χ0) is 12.6. The molecule has 4 heteroatoms. The van der Waals surface area contributed by atoms with Crippen LogP contribution >= 0.6 is 15.9 Å². The van der Waals surface area contributed by atoms with Crippen molar-refractivity contribution < 1.29 is 0 Å². The van der Waals surface area contributed by atoms with Crippen LogP contribution in [0.1, 0.15) is 18.7 Å². The van der Waals surface area contributed by atoms with Gasteiger partial charge in [-0.15, -0.1) is 0 Å². The number of hydrogen-bond donors (Lipinski definition) is 2. The summed E-state index contributed by atoms with van der Waals surface area (Å²) >= 11 is 3.58. The smallest absolute Gasteiger partial charge is 0.114 e. The maximum Gasteiger partial charge on any atom is 0.114 e. The lowest BCUT2D eigenvalue weighted by Gasteiger charge is -2.10. The van der Waals surface area contributed by atoms with E-state index in [1.807, 2.05) is 25.4 Å². The van der Waals surface area contributed by atoms with Gasteiger partial charge in [0.1, 0.15) is 5.82 Å². The Bertz CT molecular complexity index is 558. The summed E-state index contributed by atoms with van der Waals surface area (Å²) in [5, 5.41) is 3.26. The second-order valence-corrected chi connectivity index (χ2v) is 5.79. The number of likely N-dealkylation sites (N-methyl/N-ethyl adjacent to an activating group) is 1. The number of benzene rings is 1. The number of aromatic nitrogens is 2. The molecule has 1 aliphatic rings. The standard InChI is InChI=1S/C14H16BrN3/c1-16-9-14(6-7-14)13-17-8-12(18-13)10-4-2-3-5-11(10)15/h2-5,8,16H,6-7,9H2,1H3,(H,17,18). The van der Waals surface area contributed by atoms with Crippen LogP contribution in [0.4, 0.5) is 0 Å². The molecule has 0 spiro atoms. The average molecular weight is 306 g/mol. The minimum Gasteiger partial charge on any atom is -0.341 e. The van der Waals surface area contributed by atoms with E-state index in [1.165, 1.54) is 12.8 Å². The van der Waals surface area contributed by atoms with Crippen LogP contribution in [0.25, 0.3) is 11.3 Å². The zero-order valence-corrected chi connectivity index (χ0v) is 11.9. The molecular formula is C14H16BrN3. The number of aromatic amines is 1. The highest BCUT2D eigenvalue weighted by atomic mass is 79.9. The average Bonchev–Trinajstić information content (AvgIpc) is 2.99. The van der Waals surface area contributed by atoms with E-state index in [1.54, 1.807) is 0 Å². The van der Waals surface area contributed by atoms with Gasteiger partial charge in [-0.3, -0.25) is 0 Å². The van der Waals surface area contributed by atoms with Crippen molar-refractivity contribution in [3.05, 3.63) is 40.8 Å². The van der Waals surface area contributed by atoms with E-state index in [2.05, 4.69) is 43.3 Å². The summed E-state index contributed by atoms with van der Waals surface area (Å²) in [6.45, 7) is 0.996. The predicted octanol–water partition coefficient (Wildman–Crippen LogP) is 3.09. The maximum absolute atomic E-state index is 4.57. The molecule has 94 valence electrons. The number of rotatable bonds is 4. The maximum atomic E-state index is 4.57. The van der Waals surface area contributed by atoms with E-state index in [-0.39, 0.29) is 5.41 Å². The van der Waals surface area contributed by atoms with Crippen molar-refractivity contribution in [1.82, 2.24) is 15.3 Å². The van der Waals surface area contributed by atoms with Crippen LogP contribution in [0.5, 0.6) is 0 Å². The van der Waals surface area contributed by atoms with Crippen molar-refractivity contribution in [1.29, 1.82) is 0 Å². The van der Waals surface area contributed by atoms with Gasteiger partial charge in [0.15, 0.2) is 0 Å². The fraction of sp³-hybridized carbons (Fsp3) is 0.357. The van der Waals surface area contributed by atoms with Crippen molar-refractivity contribution in [3.63, 3.8) is 0 Å². The molecule has 3 nitrogen and oxygen atoms in total. The Morgan fingerprint density at radius 3 is 2.83 bits per heavy atom. The Morgan fingerprint density at radius 1 is 1.39 bits per heavy atom. The number of hydrogen-bond acceptors (Lipinski definition) is 2. The van der Waals surface area contributed by atoms with Gasteiger partial charge >= 0.3 is 0 Å². The van der Waals surface area contributed by atoms with Crippen LogP contribution < -0.4 is 5.32 Å². The number of imidazole rings is 1. The topological polar surface area (TPSA) is 40.7 Å². The first-order valence-corrected chi connectivity index (χ1v) is 6.99. The summed E-state index contributed by atoms with van der Waals surface area (Å²) in [6.07, 6.45) is 4.37. The second-order valence-electron chi connectivity index (χ2n) is 4.94. The highest BCUT2D eigenvalue weighted by Gasteiger charge is 2.46. The predicted molar refractivity (Wildman–Crippen MR) is 76.6 cm³/mol. The second kappa shape index (κ2) is 4.52. The first kappa shape index (κ1) is 11.9. The molecular weight excluding hydrogens is 290 g/mol. The molecule has 1 saturated carbocycles. The van der Waals surface area contributed by atoms with E-state index >= 15 is 0 Å². The number of nitrogens with one attached hydrogen (secondary N) is 2. The third-order valence-corrected chi connectivity index (χ3v) is 4.30. The van der Waals surface area contributed by atoms with Crippen molar-refractivity contribution in [3.8, 4) is 11.3 Å². The quantitative estimate of drug-likeness (QED) is 0.911. The number of nitrogens with zero attached hydrogens (tertiary/aromatic N) is 1. The van der Waals surface area contributed by atoms with Crippen molar-refractivity contribution in [2.24, 2.45) is 0 Å². The molecule has 0 bridgehead atoms. The lowest BCUT2D eigenvalue weighted by molar-refractivity contribution is 0.594. The Balaban J connectivity index is 1.93. The fourth-order valence-electron chi connectivity index (χ4n) is 2.39. The molecule has 0 atom stereocenters. The Kier molecular flexibility index (Phi) is 2.99. The third-order valence-electron chi connectivity index (χ3n) is 3.61. The van der Waals surface area contributed by atoms with E-state index in [9.17, 15) is 0 Å². The molecule has 18 heavy (non-hydrogen) atoms. The zero-order valence-electron chi connectivity index (χ0n) is 10.3. The van der Waals surface area contributed by atoms with Gasteiger partial charge in [0.25, 0.3) is 0 Å². The van der Waals surface area contributed by atoms with Crippen molar-refractivity contribution >= 4 is 15.9 Å². The van der Waals surface area contributed by atoms with Gasteiger partial charge < -0.3 is 10.3 Å². The molecule has 0 saturated heterocycles. The van der Waals surface area contributed by atoms with Gasteiger partial charge in [0, 0.05) is 22.0 Å². The normalized spacial score (nSPS) is 16.8. The third kappa shape index (κ3) is 1.99. The molecule has 1 aromatic heterocycles. The lowest BCUT2D eigenvalue weighted by Crippen LogP contribution is -2.24.